The molecule has 0 aromatic carbocycles. The molecule has 2 aromatic heterocycles. The number of hydrogen-bond donors (Lipinski definition) is 0. The Bertz CT molecular complexity index is 721. The van der Waals surface area contributed by atoms with Crippen LogP contribution in [0.25, 0.3) is 0 Å². The Morgan fingerprint density at radius 3 is 2.87 bits per heavy atom. The topological polar surface area (TPSA) is 47.4 Å². The van der Waals surface area contributed by atoms with Gasteiger partial charge in [-0.1, -0.05) is 0 Å². The number of nitrogens with zero attached hydrogens (tertiary/aromatic N) is 3. The highest BCUT2D eigenvalue weighted by Gasteiger charge is 2.42. The van der Waals surface area contributed by atoms with Gasteiger partial charge in [0.2, 0.25) is 0 Å². The summed E-state index contributed by atoms with van der Waals surface area (Å²) in [6.45, 7) is 4.21. The van der Waals surface area contributed by atoms with Crippen molar-refractivity contribution in [3.63, 3.8) is 0 Å². The minimum Gasteiger partial charge on any atom is -0.369 e. The Kier molecular flexibility index (Phi) is 3.54. The van der Waals surface area contributed by atoms with Gasteiger partial charge in [-0.05, 0) is 49.3 Å². The summed E-state index contributed by atoms with van der Waals surface area (Å²) in [6.07, 6.45) is 2.76. The molecule has 1 spiro atoms. The Balaban J connectivity index is 1.51. The number of amides is 1. The summed E-state index contributed by atoms with van der Waals surface area (Å²) in [7, 11) is 1.87. The maximum atomic E-state index is 12.6. The number of ether oxygens (including phenoxy) is 1. The lowest BCUT2D eigenvalue weighted by Gasteiger charge is -2.43. The molecule has 0 saturated carbocycles. The van der Waals surface area contributed by atoms with Crippen LogP contribution >= 0.6 is 11.3 Å². The number of aryl methyl sites for hydroxylation is 2. The molecule has 1 amide bonds. The fraction of sp³-hybridized carbons (Fsp3) is 0.529. The van der Waals surface area contributed by atoms with Crippen molar-refractivity contribution < 1.29 is 9.53 Å². The van der Waals surface area contributed by atoms with E-state index in [2.05, 4.69) is 16.5 Å². The zero-order valence-corrected chi connectivity index (χ0v) is 14.4. The Hall–Kier alpha value is -1.66. The van der Waals surface area contributed by atoms with Crippen molar-refractivity contribution in [3.05, 3.63) is 39.3 Å². The summed E-state index contributed by atoms with van der Waals surface area (Å²) < 4.78 is 7.95. The summed E-state index contributed by atoms with van der Waals surface area (Å²) in [5.41, 5.74) is 2.81. The zero-order valence-electron chi connectivity index (χ0n) is 13.5. The molecule has 5 nitrogen and oxygen atoms in total. The number of thiophene rings is 1. The van der Waals surface area contributed by atoms with Gasteiger partial charge < -0.3 is 9.64 Å². The van der Waals surface area contributed by atoms with Gasteiger partial charge in [-0.3, -0.25) is 9.48 Å². The molecule has 0 bridgehead atoms. The number of rotatable bonds is 1. The molecule has 6 heteroatoms. The molecule has 0 aliphatic carbocycles. The molecule has 4 rings (SSSR count). The third-order valence-corrected chi connectivity index (χ3v) is 6.24. The molecular formula is C17H21N3O2S. The number of carbonyl (C=O) groups is 1. The maximum Gasteiger partial charge on any atom is 0.274 e. The van der Waals surface area contributed by atoms with Crippen molar-refractivity contribution in [2.45, 2.75) is 31.8 Å². The lowest BCUT2D eigenvalue weighted by Crippen LogP contribution is -2.48. The molecule has 0 unspecified atom stereocenters. The number of likely N-dealkylation sites (tertiary alicyclic amines) is 1. The minimum atomic E-state index is -0.168. The van der Waals surface area contributed by atoms with Gasteiger partial charge in [0.15, 0.2) is 5.69 Å². The predicted molar refractivity (Wildman–Crippen MR) is 88.7 cm³/mol. The Labute approximate surface area is 139 Å². The molecule has 122 valence electrons. The van der Waals surface area contributed by atoms with Gasteiger partial charge in [0.25, 0.3) is 5.91 Å². The number of fused-ring (bicyclic) bond motifs is 2. The average Bonchev–Trinajstić information content (AvgIpc) is 3.16. The van der Waals surface area contributed by atoms with E-state index >= 15 is 0 Å². The van der Waals surface area contributed by atoms with Gasteiger partial charge in [0, 0.05) is 30.7 Å². The van der Waals surface area contributed by atoms with Crippen LogP contribution in [0.3, 0.4) is 0 Å². The average molecular weight is 331 g/mol. The van der Waals surface area contributed by atoms with E-state index in [0.717, 1.165) is 44.7 Å². The molecule has 2 aliphatic rings. The van der Waals surface area contributed by atoms with E-state index in [9.17, 15) is 4.79 Å². The second-order valence-corrected chi connectivity index (χ2v) is 7.37. The standard InChI is InChI=1S/C17H21N3O2S/c1-12-11-14(18-19(12)2)16(21)20-7-5-17(6-8-20)15-13(3-9-22-17)4-10-23-15/h4,10-11H,3,5-9H2,1-2H3. The van der Waals surface area contributed by atoms with Crippen LogP contribution in [0.1, 0.15) is 39.5 Å². The molecule has 2 aliphatic heterocycles. The SMILES string of the molecule is Cc1cc(C(=O)N2CCC3(CC2)OCCc2ccsc23)nn1C. The van der Waals surface area contributed by atoms with Crippen molar-refractivity contribution in [2.75, 3.05) is 19.7 Å². The van der Waals surface area contributed by atoms with Crippen LogP contribution in [0.2, 0.25) is 0 Å². The molecule has 2 aromatic rings. The molecule has 4 heterocycles. The van der Waals surface area contributed by atoms with Crippen molar-refractivity contribution >= 4 is 17.2 Å². The van der Waals surface area contributed by atoms with E-state index in [1.54, 1.807) is 16.0 Å². The highest BCUT2D eigenvalue weighted by Crippen LogP contribution is 2.44. The normalized spacial score (nSPS) is 19.8. The first-order chi connectivity index (χ1) is 11.1. The van der Waals surface area contributed by atoms with Gasteiger partial charge in [-0.2, -0.15) is 5.10 Å². The van der Waals surface area contributed by atoms with E-state index in [-0.39, 0.29) is 11.5 Å². The third-order valence-electron chi connectivity index (χ3n) is 5.10. The summed E-state index contributed by atoms with van der Waals surface area (Å²) in [4.78, 5) is 15.9. The van der Waals surface area contributed by atoms with E-state index in [4.69, 9.17) is 4.74 Å². The smallest absolute Gasteiger partial charge is 0.274 e. The first kappa shape index (κ1) is 14.9. The zero-order chi connectivity index (χ0) is 16.0. The summed E-state index contributed by atoms with van der Waals surface area (Å²) in [5, 5.41) is 6.48. The molecule has 0 N–H and O–H groups in total. The number of aromatic nitrogens is 2. The predicted octanol–water partition coefficient (Wildman–Crippen LogP) is 2.49. The second kappa shape index (κ2) is 5.46. The lowest BCUT2D eigenvalue weighted by atomic mass is 9.85. The van der Waals surface area contributed by atoms with Crippen molar-refractivity contribution in [2.24, 2.45) is 7.05 Å². The van der Waals surface area contributed by atoms with Crippen LogP contribution in [0.5, 0.6) is 0 Å². The quantitative estimate of drug-likeness (QED) is 0.807. The van der Waals surface area contributed by atoms with Crippen molar-refractivity contribution in [3.8, 4) is 0 Å². The van der Waals surface area contributed by atoms with Gasteiger partial charge in [-0.25, -0.2) is 0 Å². The lowest BCUT2D eigenvalue weighted by molar-refractivity contribution is -0.0906. The van der Waals surface area contributed by atoms with Crippen LogP contribution in [-0.2, 0) is 23.8 Å². The summed E-state index contributed by atoms with van der Waals surface area (Å²) in [6, 6.07) is 4.08. The van der Waals surface area contributed by atoms with Crippen LogP contribution in [0, 0.1) is 6.92 Å². The fourth-order valence-electron chi connectivity index (χ4n) is 3.62. The molecule has 23 heavy (non-hydrogen) atoms. The Morgan fingerprint density at radius 1 is 1.39 bits per heavy atom. The monoisotopic (exact) mass is 331 g/mol. The van der Waals surface area contributed by atoms with Crippen molar-refractivity contribution in [1.82, 2.24) is 14.7 Å². The van der Waals surface area contributed by atoms with E-state index < -0.39 is 0 Å². The van der Waals surface area contributed by atoms with Gasteiger partial charge in [0.05, 0.1) is 6.61 Å². The van der Waals surface area contributed by atoms with E-state index in [1.165, 1.54) is 10.4 Å². The Morgan fingerprint density at radius 2 is 2.17 bits per heavy atom. The maximum absolute atomic E-state index is 12.6. The van der Waals surface area contributed by atoms with Crippen LogP contribution in [0.4, 0.5) is 0 Å². The third kappa shape index (κ3) is 2.40. The molecule has 0 radical (unpaired) electrons. The second-order valence-electron chi connectivity index (χ2n) is 6.45. The van der Waals surface area contributed by atoms with Crippen LogP contribution in [0.15, 0.2) is 17.5 Å². The molecule has 1 saturated heterocycles. The minimum absolute atomic E-state index is 0.0331. The van der Waals surface area contributed by atoms with Gasteiger partial charge >= 0.3 is 0 Å². The molecule has 0 atom stereocenters. The number of piperidine rings is 1. The summed E-state index contributed by atoms with van der Waals surface area (Å²) >= 11 is 1.80. The number of hydrogen-bond acceptors (Lipinski definition) is 4. The van der Waals surface area contributed by atoms with Gasteiger partial charge in [0.1, 0.15) is 5.60 Å². The number of carbonyl (C=O) groups excluding carboxylic acids is 1. The largest absolute Gasteiger partial charge is 0.369 e. The highest BCUT2D eigenvalue weighted by molar-refractivity contribution is 7.10. The van der Waals surface area contributed by atoms with Crippen LogP contribution < -0.4 is 0 Å². The van der Waals surface area contributed by atoms with E-state index in [1.807, 2.05) is 24.9 Å². The summed E-state index contributed by atoms with van der Waals surface area (Å²) in [5.74, 6) is 0.0331. The fourth-order valence-corrected chi connectivity index (χ4v) is 4.79. The molecule has 1 fully saturated rings. The van der Waals surface area contributed by atoms with Crippen molar-refractivity contribution in [1.29, 1.82) is 0 Å². The van der Waals surface area contributed by atoms with E-state index in [0.29, 0.717) is 5.69 Å². The first-order valence-electron chi connectivity index (χ1n) is 8.10. The van der Waals surface area contributed by atoms with Crippen LogP contribution in [-0.4, -0.2) is 40.3 Å². The molecular weight excluding hydrogens is 310 g/mol. The van der Waals surface area contributed by atoms with Gasteiger partial charge in [-0.15, -0.1) is 11.3 Å². The first-order valence-corrected chi connectivity index (χ1v) is 8.98. The highest BCUT2D eigenvalue weighted by atomic mass is 32.1.